The van der Waals surface area contributed by atoms with Crippen molar-refractivity contribution >= 4 is 35.0 Å². The molecule has 2 saturated heterocycles. The fourth-order valence-electron chi connectivity index (χ4n) is 5.24. The van der Waals surface area contributed by atoms with Gasteiger partial charge in [-0.2, -0.15) is 18.3 Å². The summed E-state index contributed by atoms with van der Waals surface area (Å²) in [5, 5.41) is 9.46. The van der Waals surface area contributed by atoms with Crippen molar-refractivity contribution in [3.63, 3.8) is 0 Å². The summed E-state index contributed by atoms with van der Waals surface area (Å²) in [7, 11) is 1.41. The molecule has 0 bridgehead atoms. The number of carbonyl (C=O) groups is 3. The number of nitrogens with one attached hydrogen (secondary N) is 2. The maximum Gasteiger partial charge on any atom is 0.435 e. The Morgan fingerprint density at radius 1 is 1.19 bits per heavy atom. The van der Waals surface area contributed by atoms with Crippen LogP contribution in [0.4, 0.5) is 18.9 Å². The summed E-state index contributed by atoms with van der Waals surface area (Å²) < 4.78 is 43.1. The van der Waals surface area contributed by atoms with Crippen molar-refractivity contribution < 1.29 is 27.6 Å². The van der Waals surface area contributed by atoms with Crippen LogP contribution in [0.5, 0.6) is 0 Å². The zero-order valence-corrected chi connectivity index (χ0v) is 23.9. The number of anilines is 1. The van der Waals surface area contributed by atoms with Crippen LogP contribution in [-0.2, 0) is 24.6 Å². The number of rotatable bonds is 6. The third-order valence-corrected chi connectivity index (χ3v) is 7.81. The van der Waals surface area contributed by atoms with Crippen molar-refractivity contribution in [1.29, 1.82) is 0 Å². The van der Waals surface area contributed by atoms with E-state index < -0.39 is 17.8 Å². The van der Waals surface area contributed by atoms with Crippen LogP contribution in [0, 0.1) is 18.3 Å². The van der Waals surface area contributed by atoms with Crippen molar-refractivity contribution in [1.82, 2.24) is 34.4 Å². The first-order valence-corrected chi connectivity index (χ1v) is 13.9. The molecule has 4 heterocycles. The second-order valence-corrected chi connectivity index (χ2v) is 10.7. The highest BCUT2D eigenvalue weighted by Gasteiger charge is 2.38. The van der Waals surface area contributed by atoms with Crippen LogP contribution >= 0.6 is 11.6 Å². The molecular formula is C28H28ClF3N8O3. The van der Waals surface area contributed by atoms with Crippen molar-refractivity contribution in [2.45, 2.75) is 19.1 Å². The average molecular weight is 617 g/mol. The number of terminal acetylenes is 1. The lowest BCUT2D eigenvalue weighted by atomic mass is 10.1. The van der Waals surface area contributed by atoms with E-state index in [2.05, 4.69) is 26.6 Å². The molecule has 3 aromatic rings. The largest absolute Gasteiger partial charge is 0.435 e. The maximum atomic E-state index is 13.6. The van der Waals surface area contributed by atoms with Gasteiger partial charge in [-0.25, -0.2) is 4.98 Å². The van der Waals surface area contributed by atoms with E-state index in [9.17, 15) is 27.6 Å². The number of halogens is 4. The number of hydrogen-bond acceptors (Lipinski definition) is 6. The van der Waals surface area contributed by atoms with Crippen LogP contribution in [-0.4, -0.2) is 86.1 Å². The van der Waals surface area contributed by atoms with E-state index in [1.165, 1.54) is 29.8 Å². The van der Waals surface area contributed by atoms with E-state index >= 15 is 0 Å². The van der Waals surface area contributed by atoms with Crippen LogP contribution < -0.4 is 10.6 Å². The molecule has 2 aliphatic rings. The average Bonchev–Trinajstić information content (AvgIpc) is 3.73. The maximum absolute atomic E-state index is 13.6. The van der Waals surface area contributed by atoms with Gasteiger partial charge >= 0.3 is 6.18 Å². The number of hydrogen-bond donors (Lipinski definition) is 2. The Bertz CT molecular complexity index is 1600. The van der Waals surface area contributed by atoms with Gasteiger partial charge in [0.05, 0.1) is 34.0 Å². The second-order valence-electron chi connectivity index (χ2n) is 10.3. The molecule has 0 unspecified atom stereocenters. The topological polar surface area (TPSA) is 117 Å². The quantitative estimate of drug-likeness (QED) is 0.412. The zero-order valence-electron chi connectivity index (χ0n) is 23.1. The van der Waals surface area contributed by atoms with Crippen molar-refractivity contribution in [3.05, 3.63) is 52.7 Å². The Balaban J connectivity index is 1.25. The second kappa shape index (κ2) is 12.1. The molecule has 2 fully saturated rings. The van der Waals surface area contributed by atoms with Crippen LogP contribution in [0.3, 0.4) is 0 Å². The molecule has 15 heteroatoms. The number of imidazole rings is 1. The standard InChI is InChI=1S/C28H28ClF3N8O3/c1-3-8-40-16-20(23(36-40)28(30,31)32)22-15-34-24(37(22)2)25(41)35-18-4-5-19(21(29)13-18)27(43)39-11-9-38(10-12-39)26(42)17-6-7-33-14-17/h1,4-5,13,15-17,33H,6-12,14H2,2H3,(H,35,41)/t17-/m0/s1. The lowest BCUT2D eigenvalue weighted by Gasteiger charge is -2.36. The van der Waals surface area contributed by atoms with Crippen LogP contribution in [0.2, 0.25) is 5.02 Å². The Morgan fingerprint density at radius 3 is 2.53 bits per heavy atom. The molecule has 3 amide bonds. The first kappa shape index (κ1) is 30.1. The predicted molar refractivity (Wildman–Crippen MR) is 151 cm³/mol. The molecule has 0 radical (unpaired) electrons. The van der Waals surface area contributed by atoms with Crippen LogP contribution in [0.25, 0.3) is 11.3 Å². The van der Waals surface area contributed by atoms with Crippen LogP contribution in [0.1, 0.15) is 33.1 Å². The molecule has 226 valence electrons. The molecular weight excluding hydrogens is 589 g/mol. The number of aromatic nitrogens is 4. The molecule has 5 rings (SSSR count). The number of amides is 3. The van der Waals surface area contributed by atoms with Gasteiger partial charge in [-0.1, -0.05) is 17.5 Å². The summed E-state index contributed by atoms with van der Waals surface area (Å²) in [6.45, 7) is 2.96. The van der Waals surface area contributed by atoms with E-state index in [0.717, 1.165) is 30.0 Å². The summed E-state index contributed by atoms with van der Waals surface area (Å²) in [5.74, 6) is 1.16. The van der Waals surface area contributed by atoms with E-state index in [1.54, 1.807) is 9.80 Å². The Labute approximate surface area is 250 Å². The molecule has 0 aliphatic carbocycles. The molecule has 2 aliphatic heterocycles. The van der Waals surface area contributed by atoms with Gasteiger partial charge in [0.1, 0.15) is 6.54 Å². The minimum Gasteiger partial charge on any atom is -0.339 e. The zero-order chi connectivity index (χ0) is 30.9. The number of nitrogens with zero attached hydrogens (tertiary/aromatic N) is 6. The highest BCUT2D eigenvalue weighted by Crippen LogP contribution is 2.36. The van der Waals surface area contributed by atoms with Gasteiger partial charge < -0.3 is 25.0 Å². The van der Waals surface area contributed by atoms with E-state index in [4.69, 9.17) is 18.0 Å². The van der Waals surface area contributed by atoms with Gasteiger partial charge in [-0.3, -0.25) is 19.1 Å². The van der Waals surface area contributed by atoms with Gasteiger partial charge in [-0.05, 0) is 31.2 Å². The van der Waals surface area contributed by atoms with Gasteiger partial charge in [0, 0.05) is 51.7 Å². The van der Waals surface area contributed by atoms with Crippen molar-refractivity contribution in [2.75, 3.05) is 44.6 Å². The predicted octanol–water partition coefficient (Wildman–Crippen LogP) is 2.74. The van der Waals surface area contributed by atoms with Crippen molar-refractivity contribution in [2.24, 2.45) is 13.0 Å². The molecule has 2 aromatic heterocycles. The van der Waals surface area contributed by atoms with Gasteiger partial charge in [0.25, 0.3) is 11.8 Å². The highest BCUT2D eigenvalue weighted by molar-refractivity contribution is 6.34. The number of alkyl halides is 3. The van der Waals surface area contributed by atoms with Gasteiger partial charge in [0.2, 0.25) is 5.91 Å². The fourth-order valence-corrected chi connectivity index (χ4v) is 5.50. The molecule has 2 N–H and O–H groups in total. The lowest BCUT2D eigenvalue weighted by Crippen LogP contribution is -2.52. The third-order valence-electron chi connectivity index (χ3n) is 7.50. The minimum atomic E-state index is -4.75. The molecule has 1 aromatic carbocycles. The van der Waals surface area contributed by atoms with Crippen molar-refractivity contribution in [3.8, 4) is 23.6 Å². The first-order valence-electron chi connectivity index (χ1n) is 13.5. The summed E-state index contributed by atoms with van der Waals surface area (Å²) in [4.78, 5) is 46.3. The Hall–Kier alpha value is -4.35. The lowest BCUT2D eigenvalue weighted by molar-refractivity contribution is -0.141. The third kappa shape index (κ3) is 6.23. The molecule has 43 heavy (non-hydrogen) atoms. The summed E-state index contributed by atoms with van der Waals surface area (Å²) in [6, 6.07) is 4.40. The summed E-state index contributed by atoms with van der Waals surface area (Å²) in [5.41, 5.74) is -0.911. The molecule has 1 atom stereocenters. The van der Waals surface area contributed by atoms with Gasteiger partial charge in [-0.15, -0.1) is 6.42 Å². The number of carbonyl (C=O) groups excluding carboxylic acids is 3. The smallest absolute Gasteiger partial charge is 0.339 e. The van der Waals surface area contributed by atoms with E-state index in [0.29, 0.717) is 32.7 Å². The SMILES string of the molecule is C#CCn1cc(-c2cnc(C(=O)Nc3ccc(C(=O)N4CCN(C(=O)[C@H]5CCNC5)CC4)c(Cl)c3)n2C)c(C(F)(F)F)n1. The van der Waals surface area contributed by atoms with E-state index in [1.807, 2.05) is 0 Å². The first-order chi connectivity index (χ1) is 20.5. The minimum absolute atomic E-state index is 0.0152. The molecule has 0 saturated carbocycles. The van der Waals surface area contributed by atoms with Gasteiger partial charge in [0.15, 0.2) is 11.5 Å². The Kier molecular flexibility index (Phi) is 8.48. The fraction of sp³-hybridized carbons (Fsp3) is 0.393. The summed E-state index contributed by atoms with van der Waals surface area (Å²) in [6.07, 6.45) is 3.58. The number of benzene rings is 1. The summed E-state index contributed by atoms with van der Waals surface area (Å²) >= 11 is 6.42. The highest BCUT2D eigenvalue weighted by atomic mass is 35.5. The Morgan fingerprint density at radius 2 is 1.91 bits per heavy atom. The monoisotopic (exact) mass is 616 g/mol. The van der Waals surface area contributed by atoms with Crippen LogP contribution in [0.15, 0.2) is 30.6 Å². The van der Waals surface area contributed by atoms with E-state index in [-0.39, 0.29) is 57.6 Å². The molecule has 11 nitrogen and oxygen atoms in total. The molecule has 0 spiro atoms. The normalized spacial score (nSPS) is 17.2. The number of piperazine rings is 1.